The van der Waals surface area contributed by atoms with Gasteiger partial charge in [-0.1, -0.05) is 30.3 Å². The van der Waals surface area contributed by atoms with Gasteiger partial charge in [0.2, 0.25) is 10.0 Å². The minimum Gasteiger partial charge on any atom is -0.345 e. The van der Waals surface area contributed by atoms with Crippen molar-refractivity contribution in [2.45, 2.75) is 31.7 Å². The van der Waals surface area contributed by atoms with E-state index in [0.29, 0.717) is 30.5 Å². The molecule has 2 aromatic heterocycles. The topological polar surface area (TPSA) is 68.1 Å². The van der Waals surface area contributed by atoms with Crippen molar-refractivity contribution in [3.63, 3.8) is 0 Å². The van der Waals surface area contributed by atoms with E-state index in [1.54, 1.807) is 22.5 Å². The predicted molar refractivity (Wildman–Crippen MR) is 121 cm³/mol. The summed E-state index contributed by atoms with van der Waals surface area (Å²) in [6.45, 7) is 6.02. The molecular weight excluding hydrogens is 416 g/mol. The quantitative estimate of drug-likeness (QED) is 0.472. The van der Waals surface area contributed by atoms with Crippen molar-refractivity contribution >= 4 is 49.3 Å². The Morgan fingerprint density at radius 3 is 2.70 bits per heavy atom. The van der Waals surface area contributed by atoms with E-state index in [1.165, 1.54) is 27.7 Å². The van der Waals surface area contributed by atoms with Crippen LogP contribution in [-0.2, 0) is 16.6 Å². The summed E-state index contributed by atoms with van der Waals surface area (Å²) in [6, 6.07) is 13.6. The predicted octanol–water partition coefficient (Wildman–Crippen LogP) is 4.45. The minimum atomic E-state index is -3.63. The van der Waals surface area contributed by atoms with Crippen molar-refractivity contribution in [1.29, 1.82) is 0 Å². The van der Waals surface area contributed by atoms with Gasteiger partial charge < -0.3 is 4.57 Å². The summed E-state index contributed by atoms with van der Waals surface area (Å²) in [6.07, 6.45) is 2.75. The Kier molecular flexibility index (Phi) is 4.72. The molecule has 6 nitrogen and oxygen atoms in total. The third-order valence-electron chi connectivity index (χ3n) is 5.91. The Hall–Kier alpha value is -2.55. The fraction of sp³-hybridized carbons (Fsp3) is 0.273. The van der Waals surface area contributed by atoms with Crippen LogP contribution in [0.1, 0.15) is 24.6 Å². The first-order valence-electron chi connectivity index (χ1n) is 10.0. The normalized spacial score (nSPS) is 15.7. The summed E-state index contributed by atoms with van der Waals surface area (Å²) in [5.41, 5.74) is 6.01. The molecule has 0 bridgehead atoms. The molecule has 0 fully saturated rings. The average molecular weight is 439 g/mol. The highest BCUT2D eigenvalue weighted by Crippen LogP contribution is 2.35. The molecule has 0 unspecified atom stereocenters. The first kappa shape index (κ1) is 19.4. The number of para-hydroxylation sites is 1. The number of aromatic nitrogens is 3. The standard InChI is InChI=1S/C22H22N4O2S2/c1-3-26-15(2)21(17-7-4-5-9-19(17)26)16-11-13-25(14-12-16)30(27,28)20-10-6-8-18-22(20)24-29-23-18/h4-11H,3,12-14H2,1-2H3. The van der Waals surface area contributed by atoms with Gasteiger partial charge in [-0.15, -0.1) is 0 Å². The number of nitrogens with zero attached hydrogens (tertiary/aromatic N) is 4. The molecule has 1 aliphatic heterocycles. The largest absolute Gasteiger partial charge is 0.345 e. The second kappa shape index (κ2) is 7.30. The van der Waals surface area contributed by atoms with Crippen LogP contribution in [0.3, 0.4) is 0 Å². The third-order valence-corrected chi connectivity index (χ3v) is 8.35. The van der Waals surface area contributed by atoms with Gasteiger partial charge in [-0.3, -0.25) is 0 Å². The van der Waals surface area contributed by atoms with Gasteiger partial charge in [-0.25, -0.2) is 8.42 Å². The highest BCUT2D eigenvalue weighted by Gasteiger charge is 2.30. The lowest BCUT2D eigenvalue weighted by molar-refractivity contribution is 0.442. The van der Waals surface area contributed by atoms with Crippen molar-refractivity contribution in [2.24, 2.45) is 0 Å². The van der Waals surface area contributed by atoms with Crippen LogP contribution >= 0.6 is 11.7 Å². The molecular formula is C22H22N4O2S2. The molecule has 0 amide bonds. The van der Waals surface area contributed by atoms with Gasteiger partial charge in [-0.05, 0) is 44.0 Å². The Morgan fingerprint density at radius 1 is 1.10 bits per heavy atom. The van der Waals surface area contributed by atoms with Gasteiger partial charge in [-0.2, -0.15) is 13.1 Å². The Bertz CT molecular complexity index is 1400. The van der Waals surface area contributed by atoms with Crippen LogP contribution in [0.15, 0.2) is 53.4 Å². The summed E-state index contributed by atoms with van der Waals surface area (Å²) < 4.78 is 38.8. The molecule has 30 heavy (non-hydrogen) atoms. The van der Waals surface area contributed by atoms with Crippen LogP contribution in [0.2, 0.25) is 0 Å². The maximum Gasteiger partial charge on any atom is 0.245 e. The van der Waals surface area contributed by atoms with E-state index in [1.807, 2.05) is 0 Å². The SMILES string of the molecule is CCn1c(C)c(C2=CCN(S(=O)(=O)c3cccc4nsnc34)CC2)c2ccccc21. The second-order valence-electron chi connectivity index (χ2n) is 7.45. The monoisotopic (exact) mass is 438 g/mol. The smallest absolute Gasteiger partial charge is 0.245 e. The fourth-order valence-electron chi connectivity index (χ4n) is 4.47. The summed E-state index contributed by atoms with van der Waals surface area (Å²) in [7, 11) is -3.63. The molecule has 0 aliphatic carbocycles. The highest BCUT2D eigenvalue weighted by molar-refractivity contribution is 7.89. The van der Waals surface area contributed by atoms with E-state index in [-0.39, 0.29) is 4.90 Å². The number of hydrogen-bond acceptors (Lipinski definition) is 5. The van der Waals surface area contributed by atoms with Gasteiger partial charge in [0.15, 0.2) is 0 Å². The molecule has 0 atom stereocenters. The van der Waals surface area contributed by atoms with Crippen molar-refractivity contribution in [3.05, 3.63) is 59.8 Å². The molecule has 8 heteroatoms. The number of sulfonamides is 1. The van der Waals surface area contributed by atoms with Gasteiger partial charge in [0, 0.05) is 41.8 Å². The molecule has 0 saturated heterocycles. The van der Waals surface area contributed by atoms with E-state index in [0.717, 1.165) is 18.3 Å². The summed E-state index contributed by atoms with van der Waals surface area (Å²) in [4.78, 5) is 0.240. The molecule has 0 spiro atoms. The first-order chi connectivity index (χ1) is 14.5. The number of hydrogen-bond donors (Lipinski definition) is 0. The summed E-state index contributed by atoms with van der Waals surface area (Å²) >= 11 is 1.04. The van der Waals surface area contributed by atoms with Crippen molar-refractivity contribution in [2.75, 3.05) is 13.1 Å². The highest BCUT2D eigenvalue weighted by atomic mass is 32.2. The zero-order valence-electron chi connectivity index (χ0n) is 16.9. The third kappa shape index (κ3) is 2.90. The maximum atomic E-state index is 13.3. The van der Waals surface area contributed by atoms with Crippen LogP contribution < -0.4 is 0 Å². The summed E-state index contributed by atoms with van der Waals surface area (Å²) in [5.74, 6) is 0. The Balaban J connectivity index is 1.52. The van der Waals surface area contributed by atoms with Crippen LogP contribution in [0.5, 0.6) is 0 Å². The molecule has 2 aromatic carbocycles. The number of aryl methyl sites for hydroxylation is 1. The lowest BCUT2D eigenvalue weighted by atomic mass is 9.97. The molecule has 0 saturated carbocycles. The van der Waals surface area contributed by atoms with E-state index in [4.69, 9.17) is 0 Å². The Morgan fingerprint density at radius 2 is 1.93 bits per heavy atom. The van der Waals surface area contributed by atoms with Gasteiger partial charge in [0.25, 0.3) is 0 Å². The molecule has 5 rings (SSSR count). The number of rotatable bonds is 4. The average Bonchev–Trinajstić information content (AvgIpc) is 3.35. The number of benzene rings is 2. The van der Waals surface area contributed by atoms with E-state index in [9.17, 15) is 8.42 Å². The van der Waals surface area contributed by atoms with Crippen molar-refractivity contribution < 1.29 is 8.42 Å². The second-order valence-corrected chi connectivity index (χ2v) is 9.89. The molecule has 1 aliphatic rings. The fourth-order valence-corrected chi connectivity index (χ4v) is 6.60. The maximum absolute atomic E-state index is 13.3. The summed E-state index contributed by atoms with van der Waals surface area (Å²) in [5, 5.41) is 1.23. The number of fused-ring (bicyclic) bond motifs is 2. The lowest BCUT2D eigenvalue weighted by Crippen LogP contribution is -2.34. The zero-order valence-corrected chi connectivity index (χ0v) is 18.5. The first-order valence-corrected chi connectivity index (χ1v) is 12.2. The van der Waals surface area contributed by atoms with E-state index >= 15 is 0 Å². The molecule has 154 valence electrons. The molecule has 0 radical (unpaired) electrons. The van der Waals surface area contributed by atoms with Gasteiger partial charge in [0.05, 0.1) is 11.7 Å². The van der Waals surface area contributed by atoms with E-state index < -0.39 is 10.0 Å². The lowest BCUT2D eigenvalue weighted by Gasteiger charge is -2.26. The van der Waals surface area contributed by atoms with E-state index in [2.05, 4.69) is 57.5 Å². The van der Waals surface area contributed by atoms with Gasteiger partial charge >= 0.3 is 0 Å². The minimum absolute atomic E-state index is 0.240. The Labute approximate surface area is 179 Å². The van der Waals surface area contributed by atoms with Gasteiger partial charge in [0.1, 0.15) is 15.9 Å². The molecule has 4 aromatic rings. The zero-order chi connectivity index (χ0) is 20.9. The van der Waals surface area contributed by atoms with Crippen molar-refractivity contribution in [1.82, 2.24) is 17.6 Å². The van der Waals surface area contributed by atoms with Crippen LogP contribution in [-0.4, -0.2) is 39.1 Å². The molecule has 0 N–H and O–H groups in total. The van der Waals surface area contributed by atoms with Crippen LogP contribution in [0.4, 0.5) is 0 Å². The van der Waals surface area contributed by atoms with Crippen LogP contribution in [0.25, 0.3) is 27.5 Å². The van der Waals surface area contributed by atoms with Crippen LogP contribution in [0, 0.1) is 6.92 Å². The van der Waals surface area contributed by atoms with Crippen molar-refractivity contribution in [3.8, 4) is 0 Å². The molecule has 3 heterocycles.